The van der Waals surface area contributed by atoms with Crippen molar-refractivity contribution < 1.29 is 23.8 Å². The second-order valence-corrected chi connectivity index (χ2v) is 9.70. The smallest absolute Gasteiger partial charge is 0.340 e. The Morgan fingerprint density at radius 3 is 1.27 bits per heavy atom. The van der Waals surface area contributed by atoms with E-state index >= 15 is 0 Å². The monoisotopic (exact) mass is 510 g/mol. The van der Waals surface area contributed by atoms with Gasteiger partial charge in [-0.2, -0.15) is 0 Å². The zero-order valence-electron chi connectivity index (χ0n) is 23.2. The first-order valence-electron chi connectivity index (χ1n) is 14.2. The topological polar surface area (TPSA) is 61.8 Å². The zero-order valence-corrected chi connectivity index (χ0v) is 23.2. The number of carbonyl (C=O) groups is 2. The highest BCUT2D eigenvalue weighted by molar-refractivity contribution is 5.80. The molecule has 0 fully saturated rings. The van der Waals surface area contributed by atoms with Crippen LogP contribution in [0.15, 0.2) is 60.7 Å². The number of benzene rings is 2. The number of esters is 2. The highest BCUT2D eigenvalue weighted by Gasteiger charge is 2.34. The molecule has 0 radical (unpaired) electrons. The number of hydrogen-bond donors (Lipinski definition) is 0. The van der Waals surface area contributed by atoms with E-state index in [1.807, 2.05) is 60.7 Å². The third-order valence-electron chi connectivity index (χ3n) is 6.45. The molecule has 5 heteroatoms. The van der Waals surface area contributed by atoms with Crippen molar-refractivity contribution in [1.82, 2.24) is 0 Å². The van der Waals surface area contributed by atoms with Gasteiger partial charge >= 0.3 is 11.9 Å². The molecule has 204 valence electrons. The molecule has 0 bridgehead atoms. The Balaban J connectivity index is 2.34. The summed E-state index contributed by atoms with van der Waals surface area (Å²) >= 11 is 0. The summed E-state index contributed by atoms with van der Waals surface area (Å²) in [6.07, 6.45) is 6.72. The van der Waals surface area contributed by atoms with Gasteiger partial charge in [0.25, 0.3) is 0 Å². The number of unbranched alkanes of at least 4 members (excludes halogenated alkanes) is 2. The molecule has 0 saturated carbocycles. The lowest BCUT2D eigenvalue weighted by atomic mass is 10.1. The molecule has 2 aromatic rings. The number of carbonyl (C=O) groups excluding carboxylic acids is 2. The maximum absolute atomic E-state index is 13.5. The predicted octanol–water partition coefficient (Wildman–Crippen LogP) is 8.29. The van der Waals surface area contributed by atoms with Gasteiger partial charge in [0.15, 0.2) is 12.2 Å². The van der Waals surface area contributed by atoms with Crippen molar-refractivity contribution in [3.63, 3.8) is 0 Å². The summed E-state index contributed by atoms with van der Waals surface area (Å²) < 4.78 is 18.3. The van der Waals surface area contributed by atoms with Gasteiger partial charge in [-0.1, -0.05) is 127 Å². The summed E-state index contributed by atoms with van der Waals surface area (Å²) in [6.45, 7) is 8.43. The van der Waals surface area contributed by atoms with Crippen molar-refractivity contribution in [3.8, 4) is 0 Å². The van der Waals surface area contributed by atoms with Crippen molar-refractivity contribution in [2.45, 2.75) is 116 Å². The predicted molar refractivity (Wildman–Crippen MR) is 148 cm³/mol. The van der Waals surface area contributed by atoms with E-state index in [9.17, 15) is 9.59 Å². The molecule has 2 aromatic carbocycles. The van der Waals surface area contributed by atoms with E-state index in [1.165, 1.54) is 0 Å². The average molecular weight is 511 g/mol. The molecule has 5 nitrogen and oxygen atoms in total. The van der Waals surface area contributed by atoms with Gasteiger partial charge in [-0.25, -0.2) is 9.59 Å². The summed E-state index contributed by atoms with van der Waals surface area (Å²) in [5.41, 5.74) is 1.31. The SMILES string of the molecule is CCCCC(CCC)OC(=O)C(OC(C(=O)OC(CCC)CCCC)c1ccccc1)c1ccccc1. The van der Waals surface area contributed by atoms with E-state index in [4.69, 9.17) is 14.2 Å². The Morgan fingerprint density at radius 2 is 0.946 bits per heavy atom. The normalized spacial score (nSPS) is 14.4. The van der Waals surface area contributed by atoms with Crippen LogP contribution in [0.25, 0.3) is 0 Å². The first-order chi connectivity index (χ1) is 18.0. The molecule has 0 amide bonds. The molecule has 0 aliphatic rings. The first kappa shape index (κ1) is 30.6. The van der Waals surface area contributed by atoms with Gasteiger partial charge in [0.1, 0.15) is 12.2 Å². The molecule has 0 aliphatic heterocycles. The Hall–Kier alpha value is -2.66. The standard InChI is InChI=1S/C32H46O5/c1-5-9-23-27(17-7-3)35-31(33)29(25-19-13-11-14-20-25)37-30(26-21-15-12-16-22-26)32(34)36-28(18-8-4)24-10-6-2/h11-16,19-22,27-30H,5-10,17-18,23-24H2,1-4H3. The molecule has 2 rings (SSSR count). The highest BCUT2D eigenvalue weighted by Crippen LogP contribution is 2.31. The summed E-state index contributed by atoms with van der Waals surface area (Å²) in [5.74, 6) is -0.934. The third kappa shape index (κ3) is 10.7. The van der Waals surface area contributed by atoms with E-state index < -0.39 is 24.1 Å². The van der Waals surface area contributed by atoms with Crippen molar-refractivity contribution in [1.29, 1.82) is 0 Å². The minimum absolute atomic E-state index is 0.169. The van der Waals surface area contributed by atoms with E-state index in [2.05, 4.69) is 27.7 Å². The summed E-state index contributed by atoms with van der Waals surface area (Å²) in [4.78, 5) is 27.1. The van der Waals surface area contributed by atoms with Gasteiger partial charge in [-0.15, -0.1) is 0 Å². The lowest BCUT2D eigenvalue weighted by molar-refractivity contribution is -0.180. The van der Waals surface area contributed by atoms with Crippen LogP contribution in [-0.2, 0) is 23.8 Å². The molecule has 0 spiro atoms. The number of hydrogen-bond acceptors (Lipinski definition) is 5. The van der Waals surface area contributed by atoms with Crippen LogP contribution in [0.2, 0.25) is 0 Å². The first-order valence-corrected chi connectivity index (χ1v) is 14.2. The van der Waals surface area contributed by atoms with Crippen LogP contribution in [0, 0.1) is 0 Å². The van der Waals surface area contributed by atoms with Crippen LogP contribution < -0.4 is 0 Å². The second-order valence-electron chi connectivity index (χ2n) is 9.70. The lowest BCUT2D eigenvalue weighted by Crippen LogP contribution is -2.30. The molecule has 0 aromatic heterocycles. The van der Waals surface area contributed by atoms with Crippen molar-refractivity contribution in [2.75, 3.05) is 0 Å². The Labute approximate surface area is 223 Å². The zero-order chi connectivity index (χ0) is 26.9. The molecular weight excluding hydrogens is 464 g/mol. The van der Waals surface area contributed by atoms with Gasteiger partial charge < -0.3 is 14.2 Å². The Morgan fingerprint density at radius 1 is 0.568 bits per heavy atom. The van der Waals surface area contributed by atoms with Crippen LogP contribution in [0.4, 0.5) is 0 Å². The quantitative estimate of drug-likeness (QED) is 0.189. The maximum Gasteiger partial charge on any atom is 0.340 e. The van der Waals surface area contributed by atoms with Gasteiger partial charge in [0.05, 0.1) is 0 Å². The van der Waals surface area contributed by atoms with Gasteiger partial charge in [0.2, 0.25) is 0 Å². The van der Waals surface area contributed by atoms with Crippen molar-refractivity contribution in [2.24, 2.45) is 0 Å². The molecule has 0 heterocycles. The van der Waals surface area contributed by atoms with Gasteiger partial charge in [0, 0.05) is 0 Å². The van der Waals surface area contributed by atoms with Gasteiger partial charge in [-0.3, -0.25) is 0 Å². The van der Waals surface area contributed by atoms with Gasteiger partial charge in [-0.05, 0) is 36.8 Å². The largest absolute Gasteiger partial charge is 0.460 e. The molecule has 0 N–H and O–H groups in total. The average Bonchev–Trinajstić information content (AvgIpc) is 2.92. The maximum atomic E-state index is 13.5. The molecule has 4 atom stereocenters. The second kappa shape index (κ2) is 17.7. The fourth-order valence-electron chi connectivity index (χ4n) is 4.42. The van der Waals surface area contributed by atoms with E-state index in [-0.39, 0.29) is 12.2 Å². The lowest BCUT2D eigenvalue weighted by Gasteiger charge is -2.27. The van der Waals surface area contributed by atoms with Crippen LogP contribution >= 0.6 is 0 Å². The van der Waals surface area contributed by atoms with Crippen molar-refractivity contribution in [3.05, 3.63) is 71.8 Å². The third-order valence-corrected chi connectivity index (χ3v) is 6.45. The van der Waals surface area contributed by atoms with Crippen molar-refractivity contribution >= 4 is 11.9 Å². The number of ether oxygens (including phenoxy) is 3. The summed E-state index contributed by atoms with van der Waals surface area (Å²) in [5, 5.41) is 0. The van der Waals surface area contributed by atoms with Crippen LogP contribution in [0.3, 0.4) is 0 Å². The Bertz CT molecular complexity index is 809. The summed E-state index contributed by atoms with van der Waals surface area (Å²) in [6, 6.07) is 18.5. The molecule has 0 aliphatic carbocycles. The summed E-state index contributed by atoms with van der Waals surface area (Å²) in [7, 11) is 0. The fraction of sp³-hybridized carbons (Fsp3) is 0.562. The van der Waals surface area contributed by atoms with E-state index in [0.29, 0.717) is 11.1 Å². The molecule has 0 saturated heterocycles. The van der Waals surface area contributed by atoms with Crippen LogP contribution in [0.5, 0.6) is 0 Å². The minimum atomic E-state index is -1.04. The van der Waals surface area contributed by atoms with Crippen LogP contribution in [0.1, 0.15) is 115 Å². The number of rotatable bonds is 18. The molecular formula is C32H46O5. The molecule has 4 unspecified atom stereocenters. The minimum Gasteiger partial charge on any atom is -0.460 e. The van der Waals surface area contributed by atoms with E-state index in [0.717, 1.165) is 64.2 Å². The molecule has 37 heavy (non-hydrogen) atoms. The van der Waals surface area contributed by atoms with E-state index in [1.54, 1.807) is 0 Å². The Kier molecular flexibility index (Phi) is 14.7. The van der Waals surface area contributed by atoms with Crippen LogP contribution in [-0.4, -0.2) is 24.1 Å². The highest BCUT2D eigenvalue weighted by atomic mass is 16.6. The fourth-order valence-corrected chi connectivity index (χ4v) is 4.42.